The lowest BCUT2D eigenvalue weighted by atomic mass is 9.46. The second kappa shape index (κ2) is 4.54. The summed E-state index contributed by atoms with van der Waals surface area (Å²) in [5.74, 6) is 2.55. The average molecular weight is 329 g/mol. The van der Waals surface area contributed by atoms with Gasteiger partial charge in [-0.2, -0.15) is 0 Å². The maximum Gasteiger partial charge on any atom is 0.151 e. The predicted molar refractivity (Wildman–Crippen MR) is 93.4 cm³/mol. The van der Waals surface area contributed by atoms with Gasteiger partial charge >= 0.3 is 0 Å². The van der Waals surface area contributed by atoms with Crippen molar-refractivity contribution in [1.29, 1.82) is 0 Å². The lowest BCUT2D eigenvalue weighted by Gasteiger charge is -2.58. The van der Waals surface area contributed by atoms with Gasteiger partial charge in [-0.1, -0.05) is 25.5 Å². The van der Waals surface area contributed by atoms with Gasteiger partial charge in [-0.25, -0.2) is 0 Å². The van der Waals surface area contributed by atoms with E-state index in [9.17, 15) is 9.90 Å². The zero-order valence-electron chi connectivity index (χ0n) is 15.3. The maximum absolute atomic E-state index is 12.5. The molecular formula is C21H31NO2. The Morgan fingerprint density at radius 3 is 2.79 bits per heavy atom. The Hall–Kier alpha value is -0.670. The lowest BCUT2D eigenvalue weighted by molar-refractivity contribution is -0.126. The van der Waals surface area contributed by atoms with Gasteiger partial charge in [0.2, 0.25) is 0 Å². The van der Waals surface area contributed by atoms with E-state index in [2.05, 4.69) is 25.2 Å². The van der Waals surface area contributed by atoms with E-state index in [1.807, 2.05) is 0 Å². The molecule has 0 unspecified atom stereocenters. The maximum atomic E-state index is 12.5. The molecule has 1 aliphatic heterocycles. The van der Waals surface area contributed by atoms with Gasteiger partial charge in [0.1, 0.15) is 0 Å². The van der Waals surface area contributed by atoms with Crippen molar-refractivity contribution >= 4 is 5.78 Å². The van der Waals surface area contributed by atoms with Crippen molar-refractivity contribution in [3.8, 4) is 0 Å². The van der Waals surface area contributed by atoms with Crippen LogP contribution in [0.3, 0.4) is 0 Å². The molecule has 0 bridgehead atoms. The van der Waals surface area contributed by atoms with Gasteiger partial charge < -0.3 is 5.11 Å². The fraction of sp³-hybridized carbons (Fsp3) is 0.857. The van der Waals surface area contributed by atoms with Gasteiger partial charge in [-0.3, -0.25) is 10.1 Å². The zero-order chi connectivity index (χ0) is 16.9. The molecule has 2 N–H and O–H groups in total. The van der Waals surface area contributed by atoms with E-state index >= 15 is 0 Å². The average Bonchev–Trinajstić information content (AvgIpc) is 3.21. The molecule has 0 aromatic carbocycles. The van der Waals surface area contributed by atoms with E-state index < -0.39 is 0 Å². The van der Waals surface area contributed by atoms with Crippen molar-refractivity contribution in [1.82, 2.24) is 5.32 Å². The first-order valence-electron chi connectivity index (χ1n) is 9.99. The third kappa shape index (κ3) is 1.60. The summed E-state index contributed by atoms with van der Waals surface area (Å²) in [6.07, 6.45) is 10.2. The van der Waals surface area contributed by atoms with Crippen molar-refractivity contribution in [3.05, 3.63) is 11.6 Å². The number of allylic oxidation sites excluding steroid dienone is 1. The van der Waals surface area contributed by atoms with Crippen molar-refractivity contribution < 1.29 is 9.90 Å². The van der Waals surface area contributed by atoms with Gasteiger partial charge in [0.15, 0.2) is 5.78 Å². The predicted octanol–water partition coefficient (Wildman–Crippen LogP) is 3.22. The normalized spacial score (nSPS) is 58.0. The molecule has 0 radical (unpaired) electrons. The van der Waals surface area contributed by atoms with E-state index in [1.54, 1.807) is 6.92 Å². The summed E-state index contributed by atoms with van der Waals surface area (Å²) in [6.45, 7) is 6.68. The first kappa shape index (κ1) is 15.6. The van der Waals surface area contributed by atoms with Crippen molar-refractivity contribution in [2.45, 2.75) is 83.4 Å². The van der Waals surface area contributed by atoms with Gasteiger partial charge in [0, 0.05) is 6.04 Å². The minimum absolute atomic E-state index is 0.126. The second-order valence-electron chi connectivity index (χ2n) is 9.91. The fourth-order valence-electron chi connectivity index (χ4n) is 7.92. The Morgan fingerprint density at radius 1 is 1.25 bits per heavy atom. The third-order valence-electron chi connectivity index (χ3n) is 9.25. The van der Waals surface area contributed by atoms with Gasteiger partial charge in [-0.05, 0) is 80.5 Å². The quantitative estimate of drug-likeness (QED) is 0.573. The molecule has 4 fully saturated rings. The summed E-state index contributed by atoms with van der Waals surface area (Å²) in [4.78, 5) is 12.5. The van der Waals surface area contributed by atoms with Crippen LogP contribution in [0.25, 0.3) is 0 Å². The molecule has 1 heterocycles. The van der Waals surface area contributed by atoms with Crippen LogP contribution in [0, 0.1) is 28.6 Å². The molecule has 4 aliphatic carbocycles. The van der Waals surface area contributed by atoms with Crippen LogP contribution in [0.5, 0.6) is 0 Å². The molecule has 5 aliphatic rings. The van der Waals surface area contributed by atoms with Crippen LogP contribution in [0.1, 0.15) is 65.7 Å². The summed E-state index contributed by atoms with van der Waals surface area (Å²) < 4.78 is 0. The van der Waals surface area contributed by atoms with Crippen LogP contribution in [-0.4, -0.2) is 28.6 Å². The highest BCUT2D eigenvalue weighted by Gasteiger charge is 2.77. The summed E-state index contributed by atoms with van der Waals surface area (Å²) in [6, 6.07) is 0.440. The van der Waals surface area contributed by atoms with E-state index in [0.29, 0.717) is 23.2 Å². The number of carbonyl (C=O) groups excluding carboxylic acids is 1. The van der Waals surface area contributed by atoms with Crippen LogP contribution in [-0.2, 0) is 4.79 Å². The molecular weight excluding hydrogens is 298 g/mol. The number of nitrogens with one attached hydrogen (secondary N) is 1. The minimum Gasteiger partial charge on any atom is -0.393 e. The Bertz CT molecular complexity index is 642. The molecule has 0 spiro atoms. The third-order valence-corrected chi connectivity index (χ3v) is 9.25. The summed E-state index contributed by atoms with van der Waals surface area (Å²) in [5, 5.41) is 13.7. The number of fused-ring (bicyclic) bond motifs is 7. The molecule has 0 aromatic rings. The van der Waals surface area contributed by atoms with Crippen molar-refractivity contribution in [2.24, 2.45) is 28.6 Å². The Balaban J connectivity index is 1.51. The first-order chi connectivity index (χ1) is 11.3. The standard InChI is InChI=1S/C21H31NO2/c1-12(23)21-18(22-21)11-17-15-5-4-13-10-14(24)6-8-19(13,2)16(15)7-9-20(17,21)3/h4,14-18,22,24H,5-11H2,1-3H3/t14-,15+,16-,17-,18+,19-,20-,21+/m0/s1. The van der Waals surface area contributed by atoms with Crippen LogP contribution in [0.15, 0.2) is 11.6 Å². The number of hydrogen-bond donors (Lipinski definition) is 2. The molecule has 0 aromatic heterocycles. The van der Waals surface area contributed by atoms with Crippen LogP contribution in [0.2, 0.25) is 0 Å². The molecule has 0 amide bonds. The first-order valence-corrected chi connectivity index (χ1v) is 9.99. The number of piperidine rings is 1. The smallest absolute Gasteiger partial charge is 0.151 e. The van der Waals surface area contributed by atoms with Crippen molar-refractivity contribution in [2.75, 3.05) is 0 Å². The van der Waals surface area contributed by atoms with E-state index in [0.717, 1.165) is 31.1 Å². The number of aliphatic hydroxyl groups excluding tert-OH is 1. The lowest BCUT2D eigenvalue weighted by Crippen LogP contribution is -2.55. The number of rotatable bonds is 1. The molecule has 3 nitrogen and oxygen atoms in total. The number of hydrogen-bond acceptors (Lipinski definition) is 3. The number of aliphatic hydroxyl groups is 1. The zero-order valence-corrected chi connectivity index (χ0v) is 15.3. The molecule has 132 valence electrons. The van der Waals surface area contributed by atoms with E-state index in [-0.39, 0.29) is 17.1 Å². The summed E-state index contributed by atoms with van der Waals surface area (Å²) >= 11 is 0. The SMILES string of the molecule is CC(=O)[C@@]12N[C@@H]1C[C@H]1[C@@H]3CC=C4C[C@@H](O)CC[C@]4(C)[C@H]3CC[C@@]12C. The topological polar surface area (TPSA) is 59.2 Å². The monoisotopic (exact) mass is 329 g/mol. The molecule has 1 saturated heterocycles. The van der Waals surface area contributed by atoms with Gasteiger partial charge in [0.25, 0.3) is 0 Å². The highest BCUT2D eigenvalue weighted by molar-refractivity contribution is 5.92. The number of ketones is 1. The molecule has 3 saturated carbocycles. The largest absolute Gasteiger partial charge is 0.393 e. The molecule has 24 heavy (non-hydrogen) atoms. The van der Waals surface area contributed by atoms with E-state index in [1.165, 1.54) is 31.3 Å². The number of Topliss-reactive ketones (excluding diaryl/α,β-unsaturated/α-hetero) is 1. The minimum atomic E-state index is -0.198. The second-order valence-corrected chi connectivity index (χ2v) is 9.91. The molecule has 5 rings (SSSR count). The van der Waals surface area contributed by atoms with Crippen LogP contribution in [0.4, 0.5) is 0 Å². The highest BCUT2D eigenvalue weighted by atomic mass is 16.3. The molecule has 3 heteroatoms. The van der Waals surface area contributed by atoms with Gasteiger partial charge in [-0.15, -0.1) is 0 Å². The van der Waals surface area contributed by atoms with Gasteiger partial charge in [0.05, 0.1) is 11.6 Å². The molecule has 8 atom stereocenters. The Kier molecular flexibility index (Phi) is 2.94. The summed E-state index contributed by atoms with van der Waals surface area (Å²) in [5.41, 5.74) is 1.79. The highest BCUT2D eigenvalue weighted by Crippen LogP contribution is 2.70. The Labute approximate surface area is 145 Å². The fourth-order valence-corrected chi connectivity index (χ4v) is 7.92. The van der Waals surface area contributed by atoms with E-state index in [4.69, 9.17) is 0 Å². The van der Waals surface area contributed by atoms with Crippen LogP contribution < -0.4 is 5.32 Å². The summed E-state index contributed by atoms with van der Waals surface area (Å²) in [7, 11) is 0. The van der Waals surface area contributed by atoms with Crippen LogP contribution >= 0.6 is 0 Å². The Morgan fingerprint density at radius 2 is 2.04 bits per heavy atom. The van der Waals surface area contributed by atoms with Crippen molar-refractivity contribution in [3.63, 3.8) is 0 Å². The number of carbonyl (C=O) groups is 1.